The Bertz CT molecular complexity index is 607. The highest BCUT2D eigenvalue weighted by Gasteiger charge is 2.03. The molecule has 0 aliphatic rings. The summed E-state index contributed by atoms with van der Waals surface area (Å²) >= 11 is 3.37. The summed E-state index contributed by atoms with van der Waals surface area (Å²) in [6.45, 7) is 0. The molecule has 0 unspecified atom stereocenters. The van der Waals surface area contributed by atoms with Gasteiger partial charge in [-0.1, -0.05) is 22.0 Å². The normalized spacial score (nSPS) is 9.61. The van der Waals surface area contributed by atoms with Gasteiger partial charge in [-0.2, -0.15) is 10.2 Å². The maximum Gasteiger partial charge on any atom is 0.240 e. The number of hydrogen-bond acceptors (Lipinski definition) is 6. The number of nitrogen functional groups attached to an aromatic ring is 1. The molecule has 18 heavy (non-hydrogen) atoms. The van der Waals surface area contributed by atoms with Crippen LogP contribution < -0.4 is 16.6 Å². The number of nitriles is 1. The number of aromatic nitrogens is 2. The average Bonchev–Trinajstić information content (AvgIpc) is 2.38. The lowest BCUT2D eigenvalue weighted by Crippen LogP contribution is -2.12. The first-order valence-corrected chi connectivity index (χ1v) is 5.79. The lowest BCUT2D eigenvalue weighted by molar-refractivity contribution is 1.10. The van der Waals surface area contributed by atoms with Gasteiger partial charge in [0.25, 0.3) is 0 Å². The van der Waals surface area contributed by atoms with Crippen molar-refractivity contribution >= 4 is 33.4 Å². The molecule has 1 aromatic carbocycles. The van der Waals surface area contributed by atoms with Gasteiger partial charge in [0.1, 0.15) is 17.6 Å². The Morgan fingerprint density at radius 2 is 2.11 bits per heavy atom. The molecule has 0 spiro atoms. The summed E-state index contributed by atoms with van der Waals surface area (Å²) in [5, 5.41) is 11.9. The van der Waals surface area contributed by atoms with E-state index >= 15 is 0 Å². The summed E-state index contributed by atoms with van der Waals surface area (Å²) in [7, 11) is 0. The highest BCUT2D eigenvalue weighted by atomic mass is 79.9. The van der Waals surface area contributed by atoms with Crippen LogP contribution in [0.1, 0.15) is 5.69 Å². The summed E-state index contributed by atoms with van der Waals surface area (Å²) in [6, 6.07) is 11.1. The van der Waals surface area contributed by atoms with E-state index in [-0.39, 0.29) is 11.6 Å². The van der Waals surface area contributed by atoms with Crippen molar-refractivity contribution in [2.24, 2.45) is 5.84 Å². The van der Waals surface area contributed by atoms with Crippen molar-refractivity contribution in [3.8, 4) is 6.07 Å². The smallest absolute Gasteiger partial charge is 0.240 e. The van der Waals surface area contributed by atoms with Gasteiger partial charge in [-0.25, -0.2) is 10.8 Å². The summed E-state index contributed by atoms with van der Waals surface area (Å²) < 4.78 is 0.944. The molecule has 0 aliphatic carbocycles. The third-order valence-corrected chi connectivity index (χ3v) is 2.56. The van der Waals surface area contributed by atoms with E-state index in [1.54, 1.807) is 6.07 Å². The molecule has 4 N–H and O–H groups in total. The van der Waals surface area contributed by atoms with Gasteiger partial charge < -0.3 is 5.32 Å². The third-order valence-electron chi connectivity index (χ3n) is 2.07. The second kappa shape index (κ2) is 5.44. The van der Waals surface area contributed by atoms with Crippen LogP contribution in [0.5, 0.6) is 0 Å². The van der Waals surface area contributed by atoms with Gasteiger partial charge >= 0.3 is 0 Å². The van der Waals surface area contributed by atoms with E-state index in [0.29, 0.717) is 5.82 Å². The molecule has 0 aliphatic heterocycles. The van der Waals surface area contributed by atoms with Crippen molar-refractivity contribution in [2.45, 2.75) is 0 Å². The molecule has 0 bridgehead atoms. The molecule has 1 aromatic heterocycles. The Morgan fingerprint density at radius 3 is 2.78 bits per heavy atom. The zero-order valence-corrected chi connectivity index (χ0v) is 10.8. The lowest BCUT2D eigenvalue weighted by Gasteiger charge is -2.07. The lowest BCUT2D eigenvalue weighted by atomic mass is 10.3. The van der Waals surface area contributed by atoms with Gasteiger partial charge in [0, 0.05) is 16.2 Å². The number of halogens is 1. The number of nitrogens with zero attached hydrogens (tertiary/aromatic N) is 3. The molecule has 7 heteroatoms. The fourth-order valence-electron chi connectivity index (χ4n) is 1.35. The topological polar surface area (TPSA) is 99.7 Å². The van der Waals surface area contributed by atoms with Crippen LogP contribution in [0, 0.1) is 11.3 Å². The van der Waals surface area contributed by atoms with Gasteiger partial charge in [0.15, 0.2) is 0 Å². The van der Waals surface area contributed by atoms with Crippen molar-refractivity contribution < 1.29 is 0 Å². The molecule has 2 aromatic rings. The SMILES string of the molecule is N#Cc1cc(Nc2cccc(Br)c2)nc(NN)n1. The van der Waals surface area contributed by atoms with Crippen LogP contribution in [-0.2, 0) is 0 Å². The molecule has 6 nitrogen and oxygen atoms in total. The van der Waals surface area contributed by atoms with Crippen LogP contribution in [0.4, 0.5) is 17.5 Å². The molecule has 2 rings (SSSR count). The Balaban J connectivity index is 2.31. The maximum absolute atomic E-state index is 8.85. The summed E-state index contributed by atoms with van der Waals surface area (Å²) in [4.78, 5) is 7.97. The third kappa shape index (κ3) is 2.94. The number of hydrogen-bond donors (Lipinski definition) is 3. The minimum absolute atomic E-state index is 0.187. The minimum Gasteiger partial charge on any atom is -0.340 e. The minimum atomic E-state index is 0.187. The molecular weight excluding hydrogens is 296 g/mol. The molecular formula is C11H9BrN6. The van der Waals surface area contributed by atoms with Gasteiger partial charge in [-0.15, -0.1) is 0 Å². The molecule has 0 radical (unpaired) electrons. The first-order chi connectivity index (χ1) is 8.71. The number of nitrogens with one attached hydrogen (secondary N) is 2. The first kappa shape index (κ1) is 12.3. The largest absolute Gasteiger partial charge is 0.340 e. The molecule has 0 atom stereocenters. The number of hydrazine groups is 1. The van der Waals surface area contributed by atoms with Gasteiger partial charge in [-0.05, 0) is 18.2 Å². The van der Waals surface area contributed by atoms with Crippen molar-refractivity contribution in [3.63, 3.8) is 0 Å². The molecule has 0 amide bonds. The molecule has 0 saturated carbocycles. The van der Waals surface area contributed by atoms with E-state index in [9.17, 15) is 0 Å². The predicted molar refractivity (Wildman–Crippen MR) is 72.0 cm³/mol. The first-order valence-electron chi connectivity index (χ1n) is 4.99. The Morgan fingerprint density at radius 1 is 1.28 bits per heavy atom. The van der Waals surface area contributed by atoms with Gasteiger partial charge in [0.05, 0.1) is 0 Å². The van der Waals surface area contributed by atoms with Crippen molar-refractivity contribution in [1.29, 1.82) is 5.26 Å². The maximum atomic E-state index is 8.85. The second-order valence-electron chi connectivity index (χ2n) is 3.35. The highest BCUT2D eigenvalue weighted by molar-refractivity contribution is 9.10. The molecule has 1 heterocycles. The van der Waals surface area contributed by atoms with E-state index in [1.807, 2.05) is 30.3 Å². The molecule has 0 saturated heterocycles. The number of nitrogens with two attached hydrogens (primary N) is 1. The second-order valence-corrected chi connectivity index (χ2v) is 4.27. The number of benzene rings is 1. The van der Waals surface area contributed by atoms with Crippen LogP contribution in [-0.4, -0.2) is 9.97 Å². The van der Waals surface area contributed by atoms with Gasteiger partial charge in [0.2, 0.25) is 5.95 Å². The van der Waals surface area contributed by atoms with E-state index in [4.69, 9.17) is 11.1 Å². The van der Waals surface area contributed by atoms with Crippen LogP contribution in [0.2, 0.25) is 0 Å². The number of rotatable bonds is 3. The standard InChI is InChI=1S/C11H9BrN6/c12-7-2-1-3-8(4-7)15-10-5-9(6-13)16-11(17-10)18-14/h1-5H,14H2,(H2,15,16,17,18). The summed E-state index contributed by atoms with van der Waals surface area (Å²) in [6.07, 6.45) is 0. The van der Waals surface area contributed by atoms with E-state index in [2.05, 4.69) is 36.6 Å². The Labute approximate surface area is 112 Å². The zero-order valence-electron chi connectivity index (χ0n) is 9.18. The van der Waals surface area contributed by atoms with E-state index < -0.39 is 0 Å². The fourth-order valence-corrected chi connectivity index (χ4v) is 1.75. The van der Waals surface area contributed by atoms with Crippen molar-refractivity contribution in [1.82, 2.24) is 9.97 Å². The fraction of sp³-hybridized carbons (Fsp3) is 0. The Hall–Kier alpha value is -2.17. The zero-order chi connectivity index (χ0) is 13.0. The van der Waals surface area contributed by atoms with Crippen LogP contribution in [0.25, 0.3) is 0 Å². The van der Waals surface area contributed by atoms with Crippen LogP contribution in [0.15, 0.2) is 34.8 Å². The predicted octanol–water partition coefficient (Wildman–Crippen LogP) is 2.14. The summed E-state index contributed by atoms with van der Waals surface area (Å²) in [5.74, 6) is 5.92. The number of anilines is 3. The van der Waals surface area contributed by atoms with Crippen molar-refractivity contribution in [3.05, 3.63) is 40.5 Å². The summed E-state index contributed by atoms with van der Waals surface area (Å²) in [5.41, 5.74) is 3.39. The van der Waals surface area contributed by atoms with Gasteiger partial charge in [-0.3, -0.25) is 5.43 Å². The van der Waals surface area contributed by atoms with Crippen molar-refractivity contribution in [2.75, 3.05) is 10.7 Å². The molecule has 90 valence electrons. The van der Waals surface area contributed by atoms with E-state index in [1.165, 1.54) is 0 Å². The van der Waals surface area contributed by atoms with Crippen LogP contribution >= 0.6 is 15.9 Å². The Kier molecular flexibility index (Phi) is 3.72. The van der Waals surface area contributed by atoms with Crippen LogP contribution in [0.3, 0.4) is 0 Å². The van der Waals surface area contributed by atoms with E-state index in [0.717, 1.165) is 10.2 Å². The quantitative estimate of drug-likeness (QED) is 0.593. The monoisotopic (exact) mass is 304 g/mol. The average molecular weight is 305 g/mol. The highest BCUT2D eigenvalue weighted by Crippen LogP contribution is 2.20. The molecule has 0 fully saturated rings.